The van der Waals surface area contributed by atoms with Crippen molar-refractivity contribution < 1.29 is 13.5 Å². The van der Waals surface area contributed by atoms with Crippen molar-refractivity contribution in [2.24, 2.45) is 0 Å². The first-order chi connectivity index (χ1) is 15.5. The number of phenols is 1. The average molecular weight is 458 g/mol. The SMILES string of the molecule is O=S(=O)(Nc1cc(Sc2ccccc2)c(O)c2ccccc12)c1ccc2ccccc2c1. The number of benzene rings is 5. The minimum absolute atomic E-state index is 0.128. The molecule has 0 aliphatic heterocycles. The summed E-state index contributed by atoms with van der Waals surface area (Å²) in [5, 5.41) is 13.9. The van der Waals surface area contributed by atoms with E-state index in [2.05, 4.69) is 4.72 Å². The summed E-state index contributed by atoms with van der Waals surface area (Å²) in [4.78, 5) is 1.71. The molecule has 0 amide bonds. The van der Waals surface area contributed by atoms with E-state index in [1.165, 1.54) is 11.8 Å². The Labute approximate surface area is 190 Å². The number of hydrogen-bond acceptors (Lipinski definition) is 4. The van der Waals surface area contributed by atoms with Gasteiger partial charge in [-0.1, -0.05) is 84.6 Å². The number of hydrogen-bond donors (Lipinski definition) is 2. The zero-order chi connectivity index (χ0) is 22.1. The summed E-state index contributed by atoms with van der Waals surface area (Å²) in [6.07, 6.45) is 0. The quantitative estimate of drug-likeness (QED) is 0.290. The van der Waals surface area contributed by atoms with Crippen LogP contribution in [-0.2, 0) is 10.0 Å². The van der Waals surface area contributed by atoms with Gasteiger partial charge in [0.15, 0.2) is 0 Å². The van der Waals surface area contributed by atoms with Crippen molar-refractivity contribution in [1.82, 2.24) is 0 Å². The first-order valence-electron chi connectivity index (χ1n) is 10.0. The van der Waals surface area contributed by atoms with E-state index in [-0.39, 0.29) is 10.6 Å². The lowest BCUT2D eigenvalue weighted by Crippen LogP contribution is -2.13. The van der Waals surface area contributed by atoms with E-state index in [4.69, 9.17) is 0 Å². The standard InChI is InChI=1S/C26H19NO3S2/c28-26-23-13-7-6-12-22(23)24(17-25(26)31-20-10-2-1-3-11-20)27-32(29,30)21-15-14-18-8-4-5-9-19(18)16-21/h1-17,27-28H. The van der Waals surface area contributed by atoms with E-state index < -0.39 is 10.0 Å². The second kappa shape index (κ2) is 8.22. The number of fused-ring (bicyclic) bond motifs is 2. The molecule has 0 bridgehead atoms. The lowest BCUT2D eigenvalue weighted by Gasteiger charge is -2.15. The highest BCUT2D eigenvalue weighted by atomic mass is 32.2. The maximum Gasteiger partial charge on any atom is 0.261 e. The highest BCUT2D eigenvalue weighted by molar-refractivity contribution is 7.99. The van der Waals surface area contributed by atoms with Gasteiger partial charge in [-0.25, -0.2) is 8.42 Å². The zero-order valence-electron chi connectivity index (χ0n) is 16.9. The van der Waals surface area contributed by atoms with Gasteiger partial charge < -0.3 is 5.11 Å². The molecule has 5 aromatic rings. The smallest absolute Gasteiger partial charge is 0.261 e. The van der Waals surface area contributed by atoms with Gasteiger partial charge >= 0.3 is 0 Å². The van der Waals surface area contributed by atoms with Crippen LogP contribution in [0.1, 0.15) is 0 Å². The maximum atomic E-state index is 13.3. The molecule has 0 radical (unpaired) electrons. The zero-order valence-corrected chi connectivity index (χ0v) is 18.5. The molecule has 5 aromatic carbocycles. The van der Waals surface area contributed by atoms with Crippen molar-refractivity contribution in [3.8, 4) is 5.75 Å². The summed E-state index contributed by atoms with van der Waals surface area (Å²) >= 11 is 1.38. The summed E-state index contributed by atoms with van der Waals surface area (Å²) in [6, 6.07) is 31.3. The Balaban J connectivity index is 1.60. The predicted octanol–water partition coefficient (Wildman–Crippen LogP) is 6.65. The Morgan fingerprint density at radius 3 is 2.12 bits per heavy atom. The van der Waals surface area contributed by atoms with Crippen molar-refractivity contribution in [3.63, 3.8) is 0 Å². The van der Waals surface area contributed by atoms with Gasteiger partial charge in [-0.2, -0.15) is 0 Å². The molecule has 0 saturated carbocycles. The third kappa shape index (κ3) is 3.90. The molecule has 32 heavy (non-hydrogen) atoms. The van der Waals surface area contributed by atoms with E-state index in [1.54, 1.807) is 36.4 Å². The number of sulfonamides is 1. The summed E-state index contributed by atoms with van der Waals surface area (Å²) in [5.41, 5.74) is 0.421. The largest absolute Gasteiger partial charge is 0.506 e. The second-order valence-corrected chi connectivity index (χ2v) is 10.1. The molecule has 0 heterocycles. The van der Waals surface area contributed by atoms with E-state index in [0.717, 1.165) is 15.7 Å². The van der Waals surface area contributed by atoms with Crippen LogP contribution >= 0.6 is 11.8 Å². The van der Waals surface area contributed by atoms with Crippen LogP contribution in [0.5, 0.6) is 5.75 Å². The minimum atomic E-state index is -3.84. The topological polar surface area (TPSA) is 66.4 Å². The monoisotopic (exact) mass is 457 g/mol. The van der Waals surface area contributed by atoms with Crippen molar-refractivity contribution >= 4 is 49.0 Å². The molecule has 5 rings (SSSR count). The lowest BCUT2D eigenvalue weighted by molar-refractivity contribution is 0.469. The van der Waals surface area contributed by atoms with Crippen molar-refractivity contribution in [3.05, 3.63) is 103 Å². The molecule has 0 aliphatic carbocycles. The number of nitrogens with one attached hydrogen (secondary N) is 1. The summed E-state index contributed by atoms with van der Waals surface area (Å²) < 4.78 is 29.3. The first kappa shape index (κ1) is 20.4. The number of anilines is 1. The van der Waals surface area contributed by atoms with Gasteiger partial charge in [-0.05, 0) is 41.1 Å². The third-order valence-corrected chi connectivity index (χ3v) is 7.63. The predicted molar refractivity (Wildman–Crippen MR) is 131 cm³/mol. The molecule has 2 N–H and O–H groups in total. The minimum Gasteiger partial charge on any atom is -0.506 e. The Hall–Kier alpha value is -3.48. The van der Waals surface area contributed by atoms with Crippen LogP contribution in [0.3, 0.4) is 0 Å². The Bertz CT molecular complexity index is 1550. The Kier molecular flexibility index (Phi) is 5.25. The summed E-state index contributed by atoms with van der Waals surface area (Å²) in [5.74, 6) is 0.128. The van der Waals surface area contributed by atoms with E-state index in [1.807, 2.05) is 66.7 Å². The molecule has 0 spiro atoms. The number of aromatic hydroxyl groups is 1. The summed E-state index contributed by atoms with van der Waals surface area (Å²) in [6.45, 7) is 0. The van der Waals surface area contributed by atoms with Crippen LogP contribution in [0.4, 0.5) is 5.69 Å². The lowest BCUT2D eigenvalue weighted by atomic mass is 10.1. The van der Waals surface area contributed by atoms with Gasteiger partial charge in [-0.3, -0.25) is 4.72 Å². The van der Waals surface area contributed by atoms with Gasteiger partial charge in [0.05, 0.1) is 15.5 Å². The highest BCUT2D eigenvalue weighted by Crippen LogP contribution is 2.43. The van der Waals surface area contributed by atoms with Gasteiger partial charge in [0.25, 0.3) is 10.0 Å². The van der Waals surface area contributed by atoms with Crippen molar-refractivity contribution in [2.75, 3.05) is 4.72 Å². The van der Waals surface area contributed by atoms with Crippen molar-refractivity contribution in [1.29, 1.82) is 0 Å². The van der Waals surface area contributed by atoms with Crippen molar-refractivity contribution in [2.45, 2.75) is 14.7 Å². The van der Waals surface area contributed by atoms with Crippen LogP contribution in [0.25, 0.3) is 21.5 Å². The highest BCUT2D eigenvalue weighted by Gasteiger charge is 2.19. The van der Waals surface area contributed by atoms with Gasteiger partial charge in [-0.15, -0.1) is 0 Å². The van der Waals surface area contributed by atoms with E-state index in [0.29, 0.717) is 21.4 Å². The molecular formula is C26H19NO3S2. The van der Waals surface area contributed by atoms with Gasteiger partial charge in [0.1, 0.15) is 5.75 Å². The fraction of sp³-hybridized carbons (Fsp3) is 0. The molecule has 0 atom stereocenters. The maximum absolute atomic E-state index is 13.3. The number of phenolic OH excluding ortho intramolecular Hbond substituents is 1. The van der Waals surface area contributed by atoms with Crippen LogP contribution < -0.4 is 4.72 Å². The molecular weight excluding hydrogens is 438 g/mol. The fourth-order valence-corrected chi connectivity index (χ4v) is 5.69. The van der Waals surface area contributed by atoms with Crippen LogP contribution in [0, 0.1) is 0 Å². The molecule has 0 unspecified atom stereocenters. The first-order valence-corrected chi connectivity index (χ1v) is 12.3. The Morgan fingerprint density at radius 2 is 1.34 bits per heavy atom. The normalized spacial score (nSPS) is 11.6. The molecule has 6 heteroatoms. The van der Waals surface area contributed by atoms with E-state index >= 15 is 0 Å². The Morgan fingerprint density at radius 1 is 0.688 bits per heavy atom. The third-order valence-electron chi connectivity index (χ3n) is 5.23. The molecule has 0 saturated heterocycles. The second-order valence-electron chi connectivity index (χ2n) is 7.35. The van der Waals surface area contributed by atoms with Crippen LogP contribution in [0.2, 0.25) is 0 Å². The number of rotatable bonds is 5. The van der Waals surface area contributed by atoms with Gasteiger partial charge in [0, 0.05) is 15.7 Å². The van der Waals surface area contributed by atoms with Crippen LogP contribution in [0.15, 0.2) is 118 Å². The molecule has 0 aliphatic rings. The van der Waals surface area contributed by atoms with Gasteiger partial charge in [0.2, 0.25) is 0 Å². The molecule has 158 valence electrons. The fourth-order valence-electron chi connectivity index (χ4n) is 3.65. The molecule has 0 fully saturated rings. The summed E-state index contributed by atoms with van der Waals surface area (Å²) in [7, 11) is -3.84. The molecule has 0 aromatic heterocycles. The average Bonchev–Trinajstić information content (AvgIpc) is 2.82. The van der Waals surface area contributed by atoms with E-state index in [9.17, 15) is 13.5 Å². The molecule has 4 nitrogen and oxygen atoms in total. The van der Waals surface area contributed by atoms with Crippen LogP contribution in [-0.4, -0.2) is 13.5 Å².